The van der Waals surface area contributed by atoms with Gasteiger partial charge in [0.1, 0.15) is 0 Å². The van der Waals surface area contributed by atoms with E-state index in [1.807, 2.05) is 18.7 Å². The van der Waals surface area contributed by atoms with Gasteiger partial charge in [0.15, 0.2) is 0 Å². The first-order chi connectivity index (χ1) is 9.58. The van der Waals surface area contributed by atoms with E-state index in [1.165, 1.54) is 0 Å². The summed E-state index contributed by atoms with van der Waals surface area (Å²) in [5.74, 6) is 0.131. The molecule has 0 aromatic carbocycles. The molecule has 1 aromatic heterocycles. The number of amides is 1. The molecule has 0 radical (unpaired) electrons. The fourth-order valence-electron chi connectivity index (χ4n) is 3.20. The molecular weight excluding hydrogens is 252 g/mol. The summed E-state index contributed by atoms with van der Waals surface area (Å²) in [4.78, 5) is 17.0. The molecule has 2 rings (SSSR count). The Balaban J connectivity index is 1.99. The van der Waals surface area contributed by atoms with Gasteiger partial charge in [-0.2, -0.15) is 5.10 Å². The fraction of sp³-hybridized carbons (Fsp3) is 0.733. The fourth-order valence-corrected chi connectivity index (χ4v) is 3.20. The summed E-state index contributed by atoms with van der Waals surface area (Å²) in [6.45, 7) is 12.1. The van der Waals surface area contributed by atoms with E-state index in [9.17, 15) is 4.79 Å². The van der Waals surface area contributed by atoms with E-state index in [2.05, 4.69) is 28.9 Å². The van der Waals surface area contributed by atoms with Gasteiger partial charge < -0.3 is 9.80 Å². The largest absolute Gasteiger partial charge is 0.338 e. The molecule has 1 fully saturated rings. The van der Waals surface area contributed by atoms with Crippen LogP contribution in [0.5, 0.6) is 0 Å². The molecule has 0 atom stereocenters. The van der Waals surface area contributed by atoms with Gasteiger partial charge in [-0.1, -0.05) is 13.8 Å². The highest BCUT2D eigenvalue weighted by Gasteiger charge is 2.28. The Morgan fingerprint density at radius 3 is 2.35 bits per heavy atom. The van der Waals surface area contributed by atoms with Crippen LogP contribution in [-0.2, 0) is 0 Å². The molecule has 1 aliphatic rings. The molecule has 1 aliphatic heterocycles. The van der Waals surface area contributed by atoms with Crippen LogP contribution in [0.2, 0.25) is 0 Å². The first kappa shape index (κ1) is 15.0. The van der Waals surface area contributed by atoms with Crippen LogP contribution >= 0.6 is 0 Å². The maximum atomic E-state index is 12.6. The van der Waals surface area contributed by atoms with Crippen LogP contribution in [0.4, 0.5) is 0 Å². The molecular formula is C15H26N4O. The zero-order valence-corrected chi connectivity index (χ0v) is 13.1. The zero-order chi connectivity index (χ0) is 14.7. The quantitative estimate of drug-likeness (QED) is 0.916. The number of likely N-dealkylation sites (tertiary alicyclic amines) is 1. The Labute approximate surface area is 121 Å². The summed E-state index contributed by atoms with van der Waals surface area (Å²) in [6, 6.07) is 0.626. The first-order valence-electron chi connectivity index (χ1n) is 7.63. The maximum absolute atomic E-state index is 12.6. The number of H-pyrrole nitrogens is 1. The van der Waals surface area contributed by atoms with Crippen molar-refractivity contribution in [2.45, 2.75) is 46.6 Å². The topological polar surface area (TPSA) is 52.2 Å². The number of hydrogen-bond donors (Lipinski definition) is 1. The smallest absolute Gasteiger partial charge is 0.257 e. The number of carbonyl (C=O) groups is 1. The molecule has 0 aliphatic carbocycles. The SMILES string of the molecule is CCN(CC)C1CCN(C(=O)c2c(C)n[nH]c2C)CC1. The number of hydrogen-bond acceptors (Lipinski definition) is 3. The van der Waals surface area contributed by atoms with Crippen LogP contribution < -0.4 is 0 Å². The van der Waals surface area contributed by atoms with Crippen LogP contribution in [0.1, 0.15) is 48.4 Å². The molecule has 20 heavy (non-hydrogen) atoms. The standard InChI is InChI=1S/C15H26N4O/c1-5-18(6-2)13-7-9-19(10-8-13)15(20)14-11(3)16-17-12(14)4/h13H,5-10H2,1-4H3,(H,16,17). The van der Waals surface area contributed by atoms with E-state index in [-0.39, 0.29) is 5.91 Å². The second-order valence-corrected chi connectivity index (χ2v) is 5.55. The van der Waals surface area contributed by atoms with Crippen molar-refractivity contribution in [1.82, 2.24) is 20.0 Å². The minimum atomic E-state index is 0.131. The zero-order valence-electron chi connectivity index (χ0n) is 13.1. The predicted octanol–water partition coefficient (Wildman–Crippen LogP) is 1.97. The molecule has 0 bridgehead atoms. The predicted molar refractivity (Wildman–Crippen MR) is 79.9 cm³/mol. The van der Waals surface area contributed by atoms with E-state index in [1.54, 1.807) is 0 Å². The molecule has 0 spiro atoms. The van der Waals surface area contributed by atoms with Crippen molar-refractivity contribution in [3.8, 4) is 0 Å². The number of piperidine rings is 1. The summed E-state index contributed by atoms with van der Waals surface area (Å²) in [6.07, 6.45) is 2.15. The second-order valence-electron chi connectivity index (χ2n) is 5.55. The molecule has 5 heteroatoms. The monoisotopic (exact) mass is 278 g/mol. The second kappa shape index (κ2) is 6.39. The summed E-state index contributed by atoms with van der Waals surface area (Å²) >= 11 is 0. The van der Waals surface area contributed by atoms with Crippen molar-refractivity contribution in [2.75, 3.05) is 26.2 Å². The lowest BCUT2D eigenvalue weighted by Gasteiger charge is -2.37. The highest BCUT2D eigenvalue weighted by Crippen LogP contribution is 2.20. The van der Waals surface area contributed by atoms with Gasteiger partial charge >= 0.3 is 0 Å². The lowest BCUT2D eigenvalue weighted by atomic mass is 10.0. The van der Waals surface area contributed by atoms with E-state index in [4.69, 9.17) is 0 Å². The lowest BCUT2D eigenvalue weighted by Crippen LogP contribution is -2.46. The number of nitrogens with one attached hydrogen (secondary N) is 1. The minimum absolute atomic E-state index is 0.131. The Hall–Kier alpha value is -1.36. The number of aryl methyl sites for hydroxylation is 2. The van der Waals surface area contributed by atoms with Gasteiger partial charge in [-0.15, -0.1) is 0 Å². The molecule has 5 nitrogen and oxygen atoms in total. The third kappa shape index (κ3) is 2.87. The van der Waals surface area contributed by atoms with Crippen LogP contribution in [-0.4, -0.2) is 58.1 Å². The van der Waals surface area contributed by atoms with Gasteiger partial charge in [0, 0.05) is 24.8 Å². The average molecular weight is 278 g/mol. The number of aromatic amines is 1. The van der Waals surface area contributed by atoms with Gasteiger partial charge in [0.2, 0.25) is 0 Å². The Morgan fingerprint density at radius 2 is 1.90 bits per heavy atom. The van der Waals surface area contributed by atoms with Crippen molar-refractivity contribution in [1.29, 1.82) is 0 Å². The number of carbonyl (C=O) groups excluding carboxylic acids is 1. The molecule has 1 aromatic rings. The van der Waals surface area contributed by atoms with Crippen molar-refractivity contribution in [3.05, 3.63) is 17.0 Å². The van der Waals surface area contributed by atoms with Gasteiger partial charge in [-0.05, 0) is 39.8 Å². The number of aromatic nitrogens is 2. The Kier molecular flexibility index (Phi) is 4.81. The van der Waals surface area contributed by atoms with E-state index in [0.29, 0.717) is 6.04 Å². The average Bonchev–Trinajstić information content (AvgIpc) is 2.79. The summed E-state index contributed by atoms with van der Waals surface area (Å²) in [5.41, 5.74) is 2.43. The Morgan fingerprint density at radius 1 is 1.30 bits per heavy atom. The molecule has 1 N–H and O–H groups in total. The van der Waals surface area contributed by atoms with Crippen molar-refractivity contribution in [3.63, 3.8) is 0 Å². The first-order valence-corrected chi connectivity index (χ1v) is 7.63. The summed E-state index contributed by atoms with van der Waals surface area (Å²) in [7, 11) is 0. The van der Waals surface area contributed by atoms with Gasteiger partial charge in [0.05, 0.1) is 11.3 Å². The molecule has 0 saturated carbocycles. The van der Waals surface area contributed by atoms with Crippen molar-refractivity contribution in [2.24, 2.45) is 0 Å². The lowest BCUT2D eigenvalue weighted by molar-refractivity contribution is 0.0630. The van der Waals surface area contributed by atoms with Crippen LogP contribution in [0, 0.1) is 13.8 Å². The van der Waals surface area contributed by atoms with Crippen LogP contribution in [0.3, 0.4) is 0 Å². The molecule has 1 saturated heterocycles. The van der Waals surface area contributed by atoms with Gasteiger partial charge in [-0.25, -0.2) is 0 Å². The summed E-state index contributed by atoms with van der Waals surface area (Å²) < 4.78 is 0. The van der Waals surface area contributed by atoms with Crippen LogP contribution in [0.15, 0.2) is 0 Å². The molecule has 1 amide bonds. The van der Waals surface area contributed by atoms with E-state index >= 15 is 0 Å². The third-order valence-electron chi connectivity index (χ3n) is 4.42. The molecule has 0 unspecified atom stereocenters. The normalized spacial score (nSPS) is 16.9. The number of rotatable bonds is 4. The van der Waals surface area contributed by atoms with Crippen LogP contribution in [0.25, 0.3) is 0 Å². The third-order valence-corrected chi connectivity index (χ3v) is 4.42. The van der Waals surface area contributed by atoms with Crippen molar-refractivity contribution < 1.29 is 4.79 Å². The Bertz CT molecular complexity index is 437. The van der Waals surface area contributed by atoms with Crippen molar-refractivity contribution >= 4 is 5.91 Å². The highest BCUT2D eigenvalue weighted by molar-refractivity contribution is 5.96. The molecule has 2 heterocycles. The minimum Gasteiger partial charge on any atom is -0.338 e. The molecule has 112 valence electrons. The number of nitrogens with zero attached hydrogens (tertiary/aromatic N) is 3. The van der Waals surface area contributed by atoms with E-state index in [0.717, 1.165) is 56.0 Å². The van der Waals surface area contributed by atoms with E-state index < -0.39 is 0 Å². The maximum Gasteiger partial charge on any atom is 0.257 e. The van der Waals surface area contributed by atoms with Gasteiger partial charge in [0.25, 0.3) is 5.91 Å². The highest BCUT2D eigenvalue weighted by atomic mass is 16.2. The van der Waals surface area contributed by atoms with Gasteiger partial charge in [-0.3, -0.25) is 9.89 Å². The summed E-state index contributed by atoms with van der Waals surface area (Å²) in [5, 5.41) is 7.02.